The van der Waals surface area contributed by atoms with E-state index in [4.69, 9.17) is 0 Å². The predicted octanol–water partition coefficient (Wildman–Crippen LogP) is 4.91. The number of rotatable bonds is 12. The summed E-state index contributed by atoms with van der Waals surface area (Å²) in [4.78, 5) is 29.0. The Morgan fingerprint density at radius 3 is 2.23 bits per heavy atom. The first kappa shape index (κ1) is 30.3. The second-order valence-corrected chi connectivity index (χ2v) is 12.2. The van der Waals surface area contributed by atoms with Crippen LogP contribution in [0.25, 0.3) is 0 Å². The molecule has 0 spiro atoms. The summed E-state index contributed by atoms with van der Waals surface area (Å²) in [6.07, 6.45) is 1.89. The maximum absolute atomic E-state index is 14.0. The maximum Gasteiger partial charge on any atom is 0.244 e. The van der Waals surface area contributed by atoms with Gasteiger partial charge in [-0.1, -0.05) is 71.4 Å². The molecule has 0 radical (unpaired) electrons. The molecule has 208 valence electrons. The molecule has 0 saturated carbocycles. The van der Waals surface area contributed by atoms with Crippen molar-refractivity contribution in [3.8, 4) is 0 Å². The van der Waals surface area contributed by atoms with Gasteiger partial charge in [0.05, 0.1) is 11.9 Å². The van der Waals surface area contributed by atoms with Crippen LogP contribution in [0.2, 0.25) is 0 Å². The molecule has 0 aliphatic carbocycles. The van der Waals surface area contributed by atoms with E-state index < -0.39 is 34.3 Å². The Bertz CT molecular complexity index is 1370. The molecule has 0 unspecified atom stereocenters. The lowest BCUT2D eigenvalue weighted by molar-refractivity contribution is -0.140. The van der Waals surface area contributed by atoms with Crippen LogP contribution in [0.1, 0.15) is 31.4 Å². The van der Waals surface area contributed by atoms with E-state index in [1.54, 1.807) is 0 Å². The van der Waals surface area contributed by atoms with Gasteiger partial charge in [-0.25, -0.2) is 12.8 Å². The van der Waals surface area contributed by atoms with E-state index in [1.165, 1.54) is 23.1 Å². The molecule has 2 atom stereocenters. The average Bonchev–Trinajstić information content (AvgIpc) is 2.90. The van der Waals surface area contributed by atoms with Crippen molar-refractivity contribution in [3.05, 3.63) is 100 Å². The van der Waals surface area contributed by atoms with E-state index in [1.807, 2.05) is 68.4 Å². The molecule has 39 heavy (non-hydrogen) atoms. The smallest absolute Gasteiger partial charge is 0.244 e. The first-order chi connectivity index (χ1) is 18.5. The van der Waals surface area contributed by atoms with Crippen LogP contribution in [0.3, 0.4) is 0 Å². The number of carbonyl (C=O) groups is 2. The quantitative estimate of drug-likeness (QED) is 0.313. The van der Waals surface area contributed by atoms with Gasteiger partial charge in [0.2, 0.25) is 21.8 Å². The van der Waals surface area contributed by atoms with Crippen molar-refractivity contribution in [2.75, 3.05) is 17.1 Å². The van der Waals surface area contributed by atoms with Crippen LogP contribution in [0.4, 0.5) is 10.1 Å². The van der Waals surface area contributed by atoms with Crippen molar-refractivity contribution in [3.63, 3.8) is 0 Å². The molecule has 2 amide bonds. The van der Waals surface area contributed by atoms with Crippen LogP contribution in [-0.2, 0) is 32.6 Å². The van der Waals surface area contributed by atoms with Gasteiger partial charge in [-0.3, -0.25) is 13.9 Å². The van der Waals surface area contributed by atoms with Gasteiger partial charge in [0.25, 0.3) is 0 Å². The lowest BCUT2D eigenvalue weighted by Crippen LogP contribution is -2.54. The molecule has 0 bridgehead atoms. The molecule has 0 aliphatic heterocycles. The Labute approximate surface area is 238 Å². The van der Waals surface area contributed by atoms with E-state index in [9.17, 15) is 22.4 Å². The molecule has 0 aliphatic rings. The summed E-state index contributed by atoms with van der Waals surface area (Å²) in [5.74, 6) is -1.56. The van der Waals surface area contributed by atoms with Gasteiger partial charge in [-0.05, 0) is 54.8 Å². The van der Waals surface area contributed by atoms with Gasteiger partial charge in [0.15, 0.2) is 0 Å². The molecule has 3 aromatic rings. The Morgan fingerprint density at radius 1 is 0.974 bits per heavy atom. The third-order valence-corrected chi connectivity index (χ3v) is 7.98. The third-order valence-electron chi connectivity index (χ3n) is 6.31. The highest BCUT2D eigenvalue weighted by Crippen LogP contribution is 2.22. The molecular weight excluding hydrogens is 585 g/mol. The minimum absolute atomic E-state index is 0.0260. The second-order valence-electron chi connectivity index (χ2n) is 9.42. The number of sulfonamides is 1. The van der Waals surface area contributed by atoms with Gasteiger partial charge < -0.3 is 10.2 Å². The number of nitrogens with zero attached hydrogens (tertiary/aromatic N) is 2. The number of amides is 2. The molecule has 0 fully saturated rings. The number of benzene rings is 3. The van der Waals surface area contributed by atoms with Crippen LogP contribution in [0.15, 0.2) is 83.3 Å². The van der Waals surface area contributed by atoms with Crippen molar-refractivity contribution >= 4 is 43.5 Å². The van der Waals surface area contributed by atoms with E-state index in [0.717, 1.165) is 32.2 Å². The molecule has 0 heterocycles. The summed E-state index contributed by atoms with van der Waals surface area (Å²) >= 11 is 3.41. The zero-order valence-electron chi connectivity index (χ0n) is 22.2. The summed E-state index contributed by atoms with van der Waals surface area (Å²) < 4.78 is 41.2. The number of nitrogens with one attached hydrogen (secondary N) is 1. The Hall–Kier alpha value is -3.24. The molecule has 3 rings (SSSR count). The summed E-state index contributed by atoms with van der Waals surface area (Å²) in [6, 6.07) is 20.7. The van der Waals surface area contributed by atoms with Crippen molar-refractivity contribution in [1.29, 1.82) is 0 Å². The topological polar surface area (TPSA) is 86.8 Å². The standard InChI is InChI=1S/C29H33BrFN3O4S/c1-4-21(2)32-29(36)27(17-22-9-6-5-7-10-22)33(19-23-13-15-24(30)16-14-23)28(35)20-34(39(3,37)38)26-12-8-11-25(31)18-26/h5-16,18,21,27H,4,17,19-20H2,1-3H3,(H,32,36)/t21-,27+/m0/s1. The van der Waals surface area contributed by atoms with Crippen molar-refractivity contribution in [1.82, 2.24) is 10.2 Å². The minimum Gasteiger partial charge on any atom is -0.352 e. The van der Waals surface area contributed by atoms with Crippen LogP contribution in [0, 0.1) is 5.82 Å². The number of hydrogen-bond acceptors (Lipinski definition) is 4. The van der Waals surface area contributed by atoms with E-state index >= 15 is 0 Å². The van der Waals surface area contributed by atoms with Crippen molar-refractivity contribution in [2.24, 2.45) is 0 Å². The molecule has 3 aromatic carbocycles. The second kappa shape index (κ2) is 13.7. The van der Waals surface area contributed by atoms with Crippen LogP contribution in [-0.4, -0.2) is 50.0 Å². The summed E-state index contributed by atoms with van der Waals surface area (Å²) in [7, 11) is -3.96. The molecule has 7 nitrogen and oxygen atoms in total. The lowest BCUT2D eigenvalue weighted by Gasteiger charge is -2.34. The number of carbonyl (C=O) groups excluding carboxylic acids is 2. The SMILES string of the molecule is CC[C@H](C)NC(=O)[C@@H](Cc1ccccc1)N(Cc1ccc(Br)cc1)C(=O)CN(c1cccc(F)c1)S(C)(=O)=O. The molecule has 0 saturated heterocycles. The van der Waals surface area contributed by atoms with Gasteiger partial charge in [-0.15, -0.1) is 0 Å². The summed E-state index contributed by atoms with van der Waals surface area (Å²) in [5.41, 5.74) is 1.64. The van der Waals surface area contributed by atoms with Crippen molar-refractivity contribution < 1.29 is 22.4 Å². The normalized spacial score (nSPS) is 12.8. The number of hydrogen-bond donors (Lipinski definition) is 1. The molecule has 1 N–H and O–H groups in total. The fraction of sp³-hybridized carbons (Fsp3) is 0.310. The van der Waals surface area contributed by atoms with Crippen LogP contribution in [0.5, 0.6) is 0 Å². The highest BCUT2D eigenvalue weighted by molar-refractivity contribution is 9.10. The largest absolute Gasteiger partial charge is 0.352 e. The third kappa shape index (κ3) is 8.90. The Balaban J connectivity index is 2.05. The highest BCUT2D eigenvalue weighted by atomic mass is 79.9. The fourth-order valence-corrected chi connectivity index (χ4v) is 5.13. The summed E-state index contributed by atoms with van der Waals surface area (Å²) in [5, 5.41) is 2.98. The Kier molecular flexibility index (Phi) is 10.7. The molecular formula is C29H33BrFN3O4S. The molecule has 10 heteroatoms. The van der Waals surface area contributed by atoms with E-state index in [2.05, 4.69) is 21.2 Å². The van der Waals surface area contributed by atoms with E-state index in [-0.39, 0.29) is 30.6 Å². The monoisotopic (exact) mass is 617 g/mol. The van der Waals surface area contributed by atoms with Crippen molar-refractivity contribution in [2.45, 2.75) is 45.3 Å². The summed E-state index contributed by atoms with van der Waals surface area (Å²) in [6.45, 7) is 3.30. The van der Waals surface area contributed by atoms with Gasteiger partial charge in [0, 0.05) is 23.5 Å². The van der Waals surface area contributed by atoms with Gasteiger partial charge in [0.1, 0.15) is 18.4 Å². The first-order valence-electron chi connectivity index (χ1n) is 12.6. The minimum atomic E-state index is -3.96. The van der Waals surface area contributed by atoms with Crippen LogP contribution < -0.4 is 9.62 Å². The van der Waals surface area contributed by atoms with Gasteiger partial charge in [-0.2, -0.15) is 0 Å². The van der Waals surface area contributed by atoms with E-state index in [0.29, 0.717) is 6.42 Å². The lowest BCUT2D eigenvalue weighted by atomic mass is 10.0. The zero-order chi connectivity index (χ0) is 28.6. The number of halogens is 2. The molecule has 0 aromatic heterocycles. The van der Waals surface area contributed by atoms with Gasteiger partial charge >= 0.3 is 0 Å². The number of anilines is 1. The average molecular weight is 619 g/mol. The maximum atomic E-state index is 14.0. The zero-order valence-corrected chi connectivity index (χ0v) is 24.6. The first-order valence-corrected chi connectivity index (χ1v) is 15.2. The Morgan fingerprint density at radius 2 is 1.64 bits per heavy atom. The van der Waals surface area contributed by atoms with Crippen LogP contribution >= 0.6 is 15.9 Å². The fourth-order valence-electron chi connectivity index (χ4n) is 4.03. The predicted molar refractivity (Wildman–Crippen MR) is 155 cm³/mol. The highest BCUT2D eigenvalue weighted by Gasteiger charge is 2.33.